The molecule has 1 rings (SSSR count). The number of aliphatic hydroxyl groups excluding tert-OH is 5. The van der Waals surface area contributed by atoms with Crippen molar-refractivity contribution < 1.29 is 39.8 Å². The number of unbranched alkanes of at least 4 members (excludes halogenated alkanes) is 35. The predicted molar refractivity (Wildman–Crippen MR) is 267 cm³/mol. The maximum absolute atomic E-state index is 13.0. The molecule has 0 aromatic rings. The number of rotatable bonds is 47. The second-order valence-electron chi connectivity index (χ2n) is 19.4. The van der Waals surface area contributed by atoms with Gasteiger partial charge < -0.3 is 40.3 Å². The van der Waals surface area contributed by atoms with E-state index in [0.717, 1.165) is 38.5 Å². The molecule has 7 unspecified atom stereocenters. The largest absolute Gasteiger partial charge is 0.394 e. The van der Waals surface area contributed by atoms with Gasteiger partial charge in [0, 0.05) is 6.42 Å². The first-order valence-electron chi connectivity index (χ1n) is 27.6. The monoisotopic (exact) mass is 908 g/mol. The molecule has 1 fully saturated rings. The SMILES string of the molecule is CCCCCCCCCCC/C=C/CC/C=C/C(O)C(COC1OC(CO)C(O)C(O)C1O)NC(=O)CCCCCCCCCCCCCCCCCCCCCCCCCCCC. The number of ether oxygens (including phenoxy) is 2. The highest BCUT2D eigenvalue weighted by Crippen LogP contribution is 2.23. The third kappa shape index (κ3) is 34.9. The molecule has 0 radical (unpaired) electrons. The molecular formula is C55H105NO8. The van der Waals surface area contributed by atoms with E-state index < -0.39 is 49.5 Å². The van der Waals surface area contributed by atoms with Gasteiger partial charge in [0.1, 0.15) is 24.4 Å². The lowest BCUT2D eigenvalue weighted by Crippen LogP contribution is -2.60. The Morgan fingerprint density at radius 2 is 0.891 bits per heavy atom. The second kappa shape index (κ2) is 45.5. The van der Waals surface area contributed by atoms with Gasteiger partial charge in [0.2, 0.25) is 5.91 Å². The lowest BCUT2D eigenvalue weighted by Gasteiger charge is -2.40. The molecule has 0 aromatic heterocycles. The summed E-state index contributed by atoms with van der Waals surface area (Å²) in [5, 5.41) is 54.3. The van der Waals surface area contributed by atoms with E-state index in [1.54, 1.807) is 6.08 Å². The Bertz CT molecular complexity index is 1060. The molecule has 9 nitrogen and oxygen atoms in total. The van der Waals surface area contributed by atoms with E-state index in [9.17, 15) is 30.3 Å². The highest BCUT2D eigenvalue weighted by Gasteiger charge is 2.44. The highest BCUT2D eigenvalue weighted by atomic mass is 16.7. The van der Waals surface area contributed by atoms with Gasteiger partial charge in [-0.05, 0) is 32.1 Å². The summed E-state index contributed by atoms with van der Waals surface area (Å²) in [4.78, 5) is 13.0. The van der Waals surface area contributed by atoms with Gasteiger partial charge in [-0.2, -0.15) is 0 Å². The van der Waals surface area contributed by atoms with Crippen LogP contribution in [0, 0.1) is 0 Å². The van der Waals surface area contributed by atoms with Crippen molar-refractivity contribution in [2.24, 2.45) is 0 Å². The minimum absolute atomic E-state index is 0.182. The lowest BCUT2D eigenvalue weighted by atomic mass is 9.99. The van der Waals surface area contributed by atoms with Crippen LogP contribution in [-0.4, -0.2) is 87.5 Å². The molecule has 7 atom stereocenters. The molecule has 0 spiro atoms. The summed E-state index contributed by atoms with van der Waals surface area (Å²) in [5.41, 5.74) is 0. The van der Waals surface area contributed by atoms with Crippen molar-refractivity contribution in [3.63, 3.8) is 0 Å². The lowest BCUT2D eigenvalue weighted by molar-refractivity contribution is -0.302. The van der Waals surface area contributed by atoms with Crippen LogP contribution in [0.3, 0.4) is 0 Å². The molecule has 0 aliphatic carbocycles. The van der Waals surface area contributed by atoms with Crippen molar-refractivity contribution in [1.29, 1.82) is 0 Å². The third-order valence-corrected chi connectivity index (χ3v) is 13.3. The zero-order valence-corrected chi connectivity index (χ0v) is 41.8. The van der Waals surface area contributed by atoms with Crippen molar-refractivity contribution in [3.8, 4) is 0 Å². The number of allylic oxidation sites excluding steroid dienone is 3. The van der Waals surface area contributed by atoms with Gasteiger partial charge >= 0.3 is 0 Å². The van der Waals surface area contributed by atoms with Crippen LogP contribution in [0.2, 0.25) is 0 Å². The Labute approximate surface area is 394 Å². The summed E-state index contributed by atoms with van der Waals surface area (Å²) >= 11 is 0. The van der Waals surface area contributed by atoms with E-state index in [2.05, 4.69) is 31.3 Å². The van der Waals surface area contributed by atoms with Crippen LogP contribution in [0.15, 0.2) is 24.3 Å². The van der Waals surface area contributed by atoms with Crippen LogP contribution in [-0.2, 0) is 14.3 Å². The molecule has 378 valence electrons. The first-order valence-corrected chi connectivity index (χ1v) is 27.6. The van der Waals surface area contributed by atoms with Crippen LogP contribution in [0.25, 0.3) is 0 Å². The second-order valence-corrected chi connectivity index (χ2v) is 19.4. The van der Waals surface area contributed by atoms with Gasteiger partial charge in [0.25, 0.3) is 0 Å². The van der Waals surface area contributed by atoms with E-state index in [4.69, 9.17) is 9.47 Å². The maximum atomic E-state index is 13.0. The number of hydrogen-bond donors (Lipinski definition) is 6. The van der Waals surface area contributed by atoms with Crippen molar-refractivity contribution >= 4 is 5.91 Å². The van der Waals surface area contributed by atoms with Crippen molar-refractivity contribution in [1.82, 2.24) is 5.32 Å². The molecule has 0 aromatic carbocycles. The average Bonchev–Trinajstić information content (AvgIpc) is 3.29. The van der Waals surface area contributed by atoms with E-state index in [-0.39, 0.29) is 12.5 Å². The van der Waals surface area contributed by atoms with Crippen LogP contribution >= 0.6 is 0 Å². The third-order valence-electron chi connectivity index (χ3n) is 13.3. The van der Waals surface area contributed by atoms with Crippen LogP contribution in [0.1, 0.15) is 264 Å². The molecule has 6 N–H and O–H groups in total. The molecule has 64 heavy (non-hydrogen) atoms. The Morgan fingerprint density at radius 1 is 0.516 bits per heavy atom. The number of hydrogen-bond acceptors (Lipinski definition) is 8. The Kier molecular flexibility index (Phi) is 43.1. The average molecular weight is 908 g/mol. The smallest absolute Gasteiger partial charge is 0.220 e. The quantitative estimate of drug-likeness (QED) is 0.0261. The predicted octanol–water partition coefficient (Wildman–Crippen LogP) is 13.0. The maximum Gasteiger partial charge on any atom is 0.220 e. The first kappa shape index (κ1) is 60.7. The Morgan fingerprint density at radius 3 is 1.31 bits per heavy atom. The topological polar surface area (TPSA) is 149 Å². The number of nitrogens with one attached hydrogen (secondary N) is 1. The fraction of sp³-hybridized carbons (Fsp3) is 0.909. The number of carbonyl (C=O) groups is 1. The molecule has 0 bridgehead atoms. The van der Waals surface area contributed by atoms with Gasteiger partial charge in [0.15, 0.2) is 6.29 Å². The van der Waals surface area contributed by atoms with Crippen LogP contribution in [0.4, 0.5) is 0 Å². The molecule has 9 heteroatoms. The molecule has 0 saturated carbocycles. The standard InChI is InChI=1S/C55H105NO8/c1-3-5-7-9-11-13-15-17-19-20-21-22-23-24-25-26-27-28-29-31-33-35-37-39-41-43-45-51(59)56-48(47-63-55-54(62)53(61)52(60)50(46-57)64-55)49(58)44-42-40-38-36-34-32-30-18-16-14-12-10-8-6-4-2/h34,36,42,44,48-50,52-55,57-58,60-62H,3-33,35,37-41,43,45-47H2,1-2H3,(H,56,59)/b36-34+,44-42+. The summed E-state index contributed by atoms with van der Waals surface area (Å²) in [5.74, 6) is -0.182. The Hall–Kier alpha value is -1.33. The molecular weight excluding hydrogens is 803 g/mol. The minimum atomic E-state index is -1.57. The normalized spacial score (nSPS) is 20.1. The number of carbonyl (C=O) groups excluding carboxylic acids is 1. The fourth-order valence-electron chi connectivity index (χ4n) is 8.88. The minimum Gasteiger partial charge on any atom is -0.394 e. The summed E-state index contributed by atoms with van der Waals surface area (Å²) < 4.78 is 11.2. The zero-order chi connectivity index (χ0) is 46.6. The number of amides is 1. The van der Waals surface area contributed by atoms with E-state index in [1.807, 2.05) is 6.08 Å². The summed E-state index contributed by atoms with van der Waals surface area (Å²) in [6, 6.07) is -0.817. The van der Waals surface area contributed by atoms with Crippen molar-refractivity contribution in [2.45, 2.75) is 307 Å². The summed E-state index contributed by atoms with van der Waals surface area (Å²) in [6.07, 6.45) is 49.6. The molecule has 1 aliphatic rings. The molecule has 1 heterocycles. The van der Waals surface area contributed by atoms with Crippen molar-refractivity contribution in [2.75, 3.05) is 13.2 Å². The van der Waals surface area contributed by atoms with Gasteiger partial charge in [-0.1, -0.05) is 250 Å². The van der Waals surface area contributed by atoms with Crippen LogP contribution < -0.4 is 5.32 Å². The van der Waals surface area contributed by atoms with E-state index >= 15 is 0 Å². The molecule has 1 amide bonds. The fourth-order valence-corrected chi connectivity index (χ4v) is 8.88. The summed E-state index contributed by atoms with van der Waals surface area (Å²) in [7, 11) is 0. The first-order chi connectivity index (χ1) is 31.3. The molecule has 1 aliphatic heterocycles. The highest BCUT2D eigenvalue weighted by molar-refractivity contribution is 5.76. The Balaban J connectivity index is 2.21. The summed E-state index contributed by atoms with van der Waals surface area (Å²) in [6.45, 7) is 3.78. The number of aliphatic hydroxyl groups is 5. The van der Waals surface area contributed by atoms with Crippen molar-refractivity contribution in [3.05, 3.63) is 24.3 Å². The van der Waals surface area contributed by atoms with Gasteiger partial charge in [-0.25, -0.2) is 0 Å². The van der Waals surface area contributed by atoms with Gasteiger partial charge in [0.05, 0.1) is 25.4 Å². The van der Waals surface area contributed by atoms with Crippen LogP contribution in [0.5, 0.6) is 0 Å². The van der Waals surface area contributed by atoms with Gasteiger partial charge in [-0.3, -0.25) is 4.79 Å². The van der Waals surface area contributed by atoms with Gasteiger partial charge in [-0.15, -0.1) is 0 Å². The van der Waals surface area contributed by atoms with E-state index in [1.165, 1.54) is 205 Å². The molecule has 1 saturated heterocycles. The zero-order valence-electron chi connectivity index (χ0n) is 41.8. The van der Waals surface area contributed by atoms with E-state index in [0.29, 0.717) is 6.42 Å².